The topological polar surface area (TPSA) is 37.8 Å². The van der Waals surface area contributed by atoms with Gasteiger partial charge in [0.05, 0.1) is 13.2 Å². The van der Waals surface area contributed by atoms with Gasteiger partial charge in [-0.25, -0.2) is 0 Å². The zero-order valence-electron chi connectivity index (χ0n) is 21.0. The van der Waals surface area contributed by atoms with Crippen molar-refractivity contribution in [1.29, 1.82) is 0 Å². The number of pyridine rings is 1. The largest absolute Gasteiger partial charge is 2.00 e. The van der Waals surface area contributed by atoms with Crippen LogP contribution in [0.25, 0.3) is 0 Å². The van der Waals surface area contributed by atoms with E-state index >= 15 is 0 Å². The molecule has 5 nitrogen and oxygen atoms in total. The number of ether oxygens (including phenoxy) is 2. The number of hydrogen-bond acceptors (Lipinski definition) is 7. The van der Waals surface area contributed by atoms with Crippen molar-refractivity contribution in [3.63, 3.8) is 0 Å². The second kappa shape index (κ2) is 15.1. The third-order valence-corrected chi connectivity index (χ3v) is 6.93. The number of hydrogen-bond donors (Lipinski definition) is 0. The number of nitrogens with zero attached hydrogens (tertiary/aromatic N) is 3. The fourth-order valence-electron chi connectivity index (χ4n) is 4.07. The first-order valence-corrected chi connectivity index (χ1v) is 13.1. The van der Waals surface area contributed by atoms with E-state index in [1.807, 2.05) is 103 Å². The molecule has 2 aliphatic heterocycles. The molecule has 190 valence electrons. The second-order valence-corrected chi connectivity index (χ2v) is 10.3. The zero-order chi connectivity index (χ0) is 26.0. The molecule has 0 spiro atoms. The van der Waals surface area contributed by atoms with E-state index in [-0.39, 0.29) is 19.5 Å². The monoisotopic (exact) mass is 619 g/mol. The molecule has 3 heterocycles. The number of benzene rings is 2. The van der Waals surface area contributed by atoms with Crippen LogP contribution in [-0.4, -0.2) is 49.7 Å². The van der Waals surface area contributed by atoms with Gasteiger partial charge in [0.1, 0.15) is 0 Å². The molecule has 3 aromatic rings. The molecule has 2 aliphatic rings. The Labute approximate surface area is 254 Å². The van der Waals surface area contributed by atoms with Gasteiger partial charge in [-0.05, 0) is 26.0 Å². The SMILES string of the molecule is CC1(c2ccccc2)OCCN1C(=S)[S-].CC1(c2ccccc2)OCCN1C(=S)[S-].[Zn+2].c1ccncc1. The van der Waals surface area contributed by atoms with Crippen LogP contribution in [0.3, 0.4) is 0 Å². The van der Waals surface area contributed by atoms with E-state index in [0.29, 0.717) is 21.9 Å². The fraction of sp³-hybridized carbons (Fsp3) is 0.296. The molecule has 5 rings (SSSR count). The molecule has 0 radical (unpaired) electrons. The van der Waals surface area contributed by atoms with E-state index in [2.05, 4.69) is 4.98 Å². The van der Waals surface area contributed by atoms with Crippen LogP contribution in [0.5, 0.6) is 0 Å². The predicted octanol–water partition coefficient (Wildman–Crippen LogP) is 5.13. The summed E-state index contributed by atoms with van der Waals surface area (Å²) in [5.74, 6) is 0. The van der Waals surface area contributed by atoms with Crippen molar-refractivity contribution in [1.82, 2.24) is 14.8 Å². The second-order valence-electron chi connectivity index (χ2n) is 8.25. The average Bonchev–Trinajstić information content (AvgIpc) is 3.51. The van der Waals surface area contributed by atoms with Gasteiger partial charge in [-0.3, -0.25) is 4.98 Å². The molecule has 0 bridgehead atoms. The standard InChI is InChI=1S/2C11H13NOS2.C5H5N.Zn/c2*1-11(9-5-3-2-4-6-9)12(10(14)15)7-8-13-11;1-2-4-6-5-3-1;/h2*2-6H,7-8H2,1H3,(H,14,15);1-5H;/q;;;+2/p-2. The van der Waals surface area contributed by atoms with E-state index in [1.165, 1.54) is 0 Å². The molecular formula is C27H29N3O2S4Zn. The van der Waals surface area contributed by atoms with Gasteiger partial charge in [-0.1, -0.05) is 75.4 Å². The van der Waals surface area contributed by atoms with Crippen molar-refractivity contribution in [2.24, 2.45) is 0 Å². The molecular weight excluding hydrogens is 592 g/mol. The third kappa shape index (κ3) is 8.17. The Morgan fingerprint density at radius 1 is 0.703 bits per heavy atom. The van der Waals surface area contributed by atoms with Crippen molar-refractivity contribution in [2.75, 3.05) is 26.3 Å². The van der Waals surface area contributed by atoms with E-state index in [1.54, 1.807) is 12.4 Å². The Kier molecular flexibility index (Phi) is 12.9. The Morgan fingerprint density at radius 2 is 1.05 bits per heavy atom. The van der Waals surface area contributed by atoms with Crippen LogP contribution >= 0.6 is 24.4 Å². The Hall–Kier alpha value is -1.65. The van der Waals surface area contributed by atoms with Crippen LogP contribution in [0.2, 0.25) is 0 Å². The summed E-state index contributed by atoms with van der Waals surface area (Å²) in [6.07, 6.45) is 3.50. The van der Waals surface area contributed by atoms with Gasteiger partial charge in [0, 0.05) is 36.6 Å². The summed E-state index contributed by atoms with van der Waals surface area (Å²) in [6, 6.07) is 25.8. The normalized spacial score (nSPS) is 22.0. The molecule has 0 N–H and O–H groups in total. The molecule has 0 saturated carbocycles. The average molecular weight is 621 g/mol. The van der Waals surface area contributed by atoms with Crippen LogP contribution in [-0.2, 0) is 65.7 Å². The maximum atomic E-state index is 5.77. The van der Waals surface area contributed by atoms with Gasteiger partial charge in [-0.2, -0.15) is 0 Å². The van der Waals surface area contributed by atoms with Crippen molar-refractivity contribution in [2.45, 2.75) is 25.3 Å². The summed E-state index contributed by atoms with van der Waals surface area (Å²) in [6.45, 7) is 6.90. The fourth-order valence-corrected chi connectivity index (χ4v) is 5.13. The smallest absolute Gasteiger partial charge is 0.411 e. The molecule has 2 unspecified atom stereocenters. The Morgan fingerprint density at radius 3 is 1.32 bits per heavy atom. The quantitative estimate of drug-likeness (QED) is 0.220. The number of thiocarbonyl (C=S) groups is 2. The minimum atomic E-state index is -0.486. The summed E-state index contributed by atoms with van der Waals surface area (Å²) in [5.41, 5.74) is 1.21. The maximum Gasteiger partial charge on any atom is 2.00 e. The first kappa shape index (κ1) is 31.6. The first-order chi connectivity index (χ1) is 17.3. The molecule has 0 amide bonds. The van der Waals surface area contributed by atoms with Gasteiger partial charge < -0.3 is 69.0 Å². The van der Waals surface area contributed by atoms with E-state index in [0.717, 1.165) is 24.2 Å². The number of aromatic nitrogens is 1. The van der Waals surface area contributed by atoms with Gasteiger partial charge in [0.25, 0.3) is 0 Å². The van der Waals surface area contributed by atoms with Crippen LogP contribution in [0.15, 0.2) is 91.3 Å². The maximum absolute atomic E-state index is 5.77. The van der Waals surface area contributed by atoms with Crippen LogP contribution in [0, 0.1) is 0 Å². The van der Waals surface area contributed by atoms with Gasteiger partial charge in [0.15, 0.2) is 11.4 Å². The molecule has 37 heavy (non-hydrogen) atoms. The molecule has 0 aliphatic carbocycles. The van der Waals surface area contributed by atoms with E-state index in [9.17, 15) is 0 Å². The third-order valence-electron chi connectivity index (χ3n) is 6.05. The number of rotatable bonds is 2. The molecule has 1 aromatic heterocycles. The molecule has 2 atom stereocenters. The first-order valence-electron chi connectivity index (χ1n) is 11.5. The van der Waals surface area contributed by atoms with E-state index < -0.39 is 11.4 Å². The minimum Gasteiger partial charge on any atom is -0.411 e. The summed E-state index contributed by atoms with van der Waals surface area (Å²) in [5, 5.41) is 0. The Balaban J connectivity index is 0.000000209. The van der Waals surface area contributed by atoms with Gasteiger partial charge in [0.2, 0.25) is 0 Å². The summed E-state index contributed by atoms with van der Waals surface area (Å²) < 4.78 is 12.5. The van der Waals surface area contributed by atoms with Crippen molar-refractivity contribution >= 4 is 58.3 Å². The van der Waals surface area contributed by atoms with Crippen LogP contribution < -0.4 is 0 Å². The van der Waals surface area contributed by atoms with Crippen molar-refractivity contribution in [3.8, 4) is 0 Å². The van der Waals surface area contributed by atoms with Crippen molar-refractivity contribution < 1.29 is 29.0 Å². The predicted molar refractivity (Wildman–Crippen MR) is 157 cm³/mol. The van der Waals surface area contributed by atoms with Crippen LogP contribution in [0.4, 0.5) is 0 Å². The summed E-state index contributed by atoms with van der Waals surface area (Å²) >= 11 is 20.3. The minimum absolute atomic E-state index is 0. The molecule has 2 saturated heterocycles. The zero-order valence-corrected chi connectivity index (χ0v) is 27.2. The van der Waals surface area contributed by atoms with Gasteiger partial charge in [-0.15, -0.1) is 0 Å². The summed E-state index contributed by atoms with van der Waals surface area (Å²) in [4.78, 5) is 7.69. The molecule has 10 heteroatoms. The van der Waals surface area contributed by atoms with Gasteiger partial charge >= 0.3 is 19.5 Å². The van der Waals surface area contributed by atoms with Crippen molar-refractivity contribution in [3.05, 3.63) is 102 Å². The Bertz CT molecular complexity index is 1010. The molecule has 2 fully saturated rings. The van der Waals surface area contributed by atoms with Crippen LogP contribution in [0.1, 0.15) is 25.0 Å². The van der Waals surface area contributed by atoms with E-state index in [4.69, 9.17) is 59.2 Å². The summed E-state index contributed by atoms with van der Waals surface area (Å²) in [7, 11) is 0. The molecule has 2 aromatic carbocycles.